The van der Waals surface area contributed by atoms with Gasteiger partial charge in [0.15, 0.2) is 6.20 Å². The molecule has 0 N–H and O–H groups in total. The van der Waals surface area contributed by atoms with Crippen molar-refractivity contribution in [1.29, 1.82) is 0 Å². The van der Waals surface area contributed by atoms with E-state index in [0.29, 0.717) is 5.56 Å². The van der Waals surface area contributed by atoms with Gasteiger partial charge in [-0.1, -0.05) is 55.2 Å². The molecule has 1 nitrogen and oxygen atoms in total. The molecule has 0 unspecified atom stereocenters. The second-order valence-electron chi connectivity index (χ2n) is 7.27. The first kappa shape index (κ1) is 13.4. The molecule has 0 radical (unpaired) electrons. The number of aromatic nitrogens is 1. The van der Waals surface area contributed by atoms with Crippen LogP contribution in [0.5, 0.6) is 0 Å². The van der Waals surface area contributed by atoms with Crippen molar-refractivity contribution in [2.75, 3.05) is 0 Å². The highest BCUT2D eigenvalue weighted by Gasteiger charge is 2.37. The van der Waals surface area contributed by atoms with Crippen LogP contribution in [0.2, 0.25) is 13.1 Å². The number of hydrogen-bond acceptors (Lipinski definition) is 1. The molecule has 2 aromatic carbocycles. The highest BCUT2D eigenvalue weighted by atomic mass is 32.2. The molecular formula is C22H24NSSi+. The van der Waals surface area contributed by atoms with Crippen molar-refractivity contribution >= 4 is 30.2 Å². The first-order chi connectivity index (χ1) is 13.1. The molecule has 3 aromatic rings. The number of fused-ring (bicyclic) bond motifs is 2. The normalized spacial score (nSPS) is 17.0. The number of nitrogens with zero attached hydrogens (tertiary/aromatic N) is 1. The van der Waals surface area contributed by atoms with Gasteiger partial charge < -0.3 is 0 Å². The van der Waals surface area contributed by atoms with Gasteiger partial charge in [0.1, 0.15) is 15.1 Å². The lowest BCUT2D eigenvalue weighted by Gasteiger charge is -2.34. The van der Waals surface area contributed by atoms with Crippen molar-refractivity contribution in [3.05, 3.63) is 65.9 Å². The molecule has 0 bridgehead atoms. The van der Waals surface area contributed by atoms with Crippen LogP contribution in [0.3, 0.4) is 0 Å². The Morgan fingerprint density at radius 1 is 1.00 bits per heavy atom. The minimum atomic E-state index is -2.09. The molecule has 25 heavy (non-hydrogen) atoms. The first-order valence-corrected chi connectivity index (χ1v) is 12.3. The van der Waals surface area contributed by atoms with Crippen molar-refractivity contribution in [1.82, 2.24) is 0 Å². The Hall–Kier alpha value is -1.84. The fourth-order valence-corrected chi connectivity index (χ4v) is 9.41. The number of hydrogen-bond donors (Lipinski definition) is 0. The van der Waals surface area contributed by atoms with Crippen molar-refractivity contribution in [3.63, 3.8) is 0 Å². The van der Waals surface area contributed by atoms with Crippen LogP contribution in [0.1, 0.15) is 15.2 Å². The van der Waals surface area contributed by atoms with E-state index >= 15 is 0 Å². The van der Waals surface area contributed by atoms with Crippen LogP contribution in [0.4, 0.5) is 0 Å². The molecule has 126 valence electrons. The maximum Gasteiger partial charge on any atom is 0.213 e. The Morgan fingerprint density at radius 2 is 1.80 bits per heavy atom. The van der Waals surface area contributed by atoms with E-state index in [0.717, 1.165) is 5.69 Å². The molecule has 0 saturated carbocycles. The van der Waals surface area contributed by atoms with Crippen molar-refractivity contribution < 1.29 is 8.68 Å². The number of rotatable bonds is 1. The SMILES string of the molecule is [2H]C([2H])([2H])c1ccc(-c2c(C)ccc3c2Sc2ccccc2[Si]3(C)C)[n+](C)c1. The summed E-state index contributed by atoms with van der Waals surface area (Å²) in [6, 6.07) is 17.0. The van der Waals surface area contributed by atoms with E-state index in [1.54, 1.807) is 12.3 Å². The summed E-state index contributed by atoms with van der Waals surface area (Å²) >= 11 is 1.85. The summed E-state index contributed by atoms with van der Waals surface area (Å²) in [5.41, 5.74) is 3.86. The van der Waals surface area contributed by atoms with Crippen LogP contribution in [0.15, 0.2) is 64.5 Å². The molecule has 0 amide bonds. The van der Waals surface area contributed by atoms with E-state index < -0.39 is 14.9 Å². The van der Waals surface area contributed by atoms with Gasteiger partial charge in [0.2, 0.25) is 5.69 Å². The van der Waals surface area contributed by atoms with Gasteiger partial charge >= 0.3 is 0 Å². The van der Waals surface area contributed by atoms with Gasteiger partial charge in [0, 0.05) is 25.5 Å². The molecule has 0 aliphatic carbocycles. The van der Waals surface area contributed by atoms with Crippen LogP contribution < -0.4 is 14.9 Å². The molecule has 0 spiro atoms. The molecule has 4 rings (SSSR count). The predicted octanol–water partition coefficient (Wildman–Crippen LogP) is 4.08. The summed E-state index contributed by atoms with van der Waals surface area (Å²) in [5.74, 6) is 0. The van der Waals surface area contributed by atoms with Gasteiger partial charge in [-0.25, -0.2) is 4.57 Å². The largest absolute Gasteiger partial charge is 0.213 e. The van der Waals surface area contributed by atoms with Crippen LogP contribution in [-0.4, -0.2) is 8.07 Å². The van der Waals surface area contributed by atoms with E-state index in [2.05, 4.69) is 56.4 Å². The molecule has 1 aliphatic rings. The van der Waals surface area contributed by atoms with Gasteiger partial charge in [-0.15, -0.1) is 0 Å². The monoisotopic (exact) mass is 365 g/mol. The number of benzene rings is 2. The lowest BCUT2D eigenvalue weighted by atomic mass is 10.0. The molecule has 2 heterocycles. The van der Waals surface area contributed by atoms with Gasteiger partial charge in [0.25, 0.3) is 0 Å². The highest BCUT2D eigenvalue weighted by Crippen LogP contribution is 2.39. The van der Waals surface area contributed by atoms with Crippen LogP contribution in [0, 0.1) is 13.8 Å². The maximum atomic E-state index is 7.69. The number of pyridine rings is 1. The summed E-state index contributed by atoms with van der Waals surface area (Å²) in [5, 5.41) is 2.95. The quantitative estimate of drug-likeness (QED) is 0.464. The average molecular weight is 366 g/mol. The smallest absolute Gasteiger partial charge is 0.201 e. The van der Waals surface area contributed by atoms with Crippen LogP contribution >= 0.6 is 11.8 Å². The number of aryl methyl sites for hydroxylation is 3. The zero-order valence-electron chi connectivity index (χ0n) is 18.1. The maximum absolute atomic E-state index is 7.69. The van der Waals surface area contributed by atoms with E-state index in [1.165, 1.54) is 31.3 Å². The summed E-state index contributed by atoms with van der Waals surface area (Å²) in [6.45, 7) is 4.88. The third-order valence-corrected chi connectivity index (χ3v) is 10.3. The lowest BCUT2D eigenvalue weighted by Crippen LogP contribution is -2.56. The minimum absolute atomic E-state index is 0.369. The molecule has 0 fully saturated rings. The molecule has 0 saturated heterocycles. The summed E-state index contributed by atoms with van der Waals surface area (Å²) in [6.07, 6.45) is 1.74. The summed E-state index contributed by atoms with van der Waals surface area (Å²) < 4.78 is 25.0. The lowest BCUT2D eigenvalue weighted by molar-refractivity contribution is -0.660. The third kappa shape index (κ3) is 2.57. The highest BCUT2D eigenvalue weighted by molar-refractivity contribution is 8.00. The Bertz CT molecular complexity index is 1090. The molecule has 1 aliphatic heterocycles. The van der Waals surface area contributed by atoms with E-state index in [1.807, 2.05) is 29.4 Å². The Balaban J connectivity index is 1.95. The molecule has 3 heteroatoms. The van der Waals surface area contributed by atoms with E-state index in [9.17, 15) is 0 Å². The fourth-order valence-electron chi connectivity index (χ4n) is 3.79. The van der Waals surface area contributed by atoms with Gasteiger partial charge in [0.05, 0.1) is 5.56 Å². The van der Waals surface area contributed by atoms with Crippen molar-refractivity contribution in [2.24, 2.45) is 7.05 Å². The van der Waals surface area contributed by atoms with Crippen LogP contribution in [-0.2, 0) is 7.05 Å². The minimum Gasteiger partial charge on any atom is -0.201 e. The average Bonchev–Trinajstić information content (AvgIpc) is 2.61. The fraction of sp³-hybridized carbons (Fsp3) is 0.227. The predicted molar refractivity (Wildman–Crippen MR) is 110 cm³/mol. The standard InChI is InChI=1S/C22H24NSSi/c1-15-10-12-17(23(3)14-15)21-16(2)11-13-20-22(21)24-18-8-6-7-9-19(18)25(20,4)5/h6-14H,1-5H3/q+1/i1D3. The Labute approximate surface area is 160 Å². The molecule has 1 aromatic heterocycles. The van der Waals surface area contributed by atoms with Crippen molar-refractivity contribution in [2.45, 2.75) is 36.7 Å². The van der Waals surface area contributed by atoms with E-state index in [4.69, 9.17) is 4.11 Å². The Kier molecular flexibility index (Phi) is 3.13. The second kappa shape index (κ2) is 5.86. The molecular weight excluding hydrogens is 338 g/mol. The van der Waals surface area contributed by atoms with Gasteiger partial charge in [-0.05, 0) is 41.8 Å². The van der Waals surface area contributed by atoms with Gasteiger partial charge in [-0.3, -0.25) is 0 Å². The van der Waals surface area contributed by atoms with E-state index in [-0.39, 0.29) is 0 Å². The third-order valence-electron chi connectivity index (χ3n) is 5.20. The van der Waals surface area contributed by atoms with Crippen LogP contribution in [0.25, 0.3) is 11.3 Å². The molecule has 0 atom stereocenters. The first-order valence-electron chi connectivity index (χ1n) is 10.0. The Morgan fingerprint density at radius 3 is 2.56 bits per heavy atom. The topological polar surface area (TPSA) is 3.88 Å². The zero-order chi connectivity index (χ0) is 20.3. The van der Waals surface area contributed by atoms with Gasteiger partial charge in [-0.2, -0.15) is 0 Å². The summed E-state index contributed by atoms with van der Waals surface area (Å²) in [7, 11) is 0.141. The summed E-state index contributed by atoms with van der Waals surface area (Å²) in [4.78, 5) is 2.67. The van der Waals surface area contributed by atoms with Crippen molar-refractivity contribution in [3.8, 4) is 11.3 Å². The zero-order valence-corrected chi connectivity index (χ0v) is 16.9. The second-order valence-corrected chi connectivity index (χ2v) is 12.7.